The van der Waals surface area contributed by atoms with E-state index < -0.39 is 0 Å². The van der Waals surface area contributed by atoms with Crippen molar-refractivity contribution in [3.8, 4) is 6.07 Å². The summed E-state index contributed by atoms with van der Waals surface area (Å²) in [4.78, 5) is 17.3. The summed E-state index contributed by atoms with van der Waals surface area (Å²) in [7, 11) is 2.13. The molecule has 1 fully saturated rings. The van der Waals surface area contributed by atoms with Gasteiger partial charge in [0.15, 0.2) is 0 Å². The molecule has 1 saturated heterocycles. The molecule has 0 aliphatic carbocycles. The van der Waals surface area contributed by atoms with Gasteiger partial charge in [0.1, 0.15) is 0 Å². The molecule has 2 aromatic carbocycles. The summed E-state index contributed by atoms with van der Waals surface area (Å²) in [6.45, 7) is 4.55. The molecule has 1 aliphatic rings. The lowest BCUT2D eigenvalue weighted by molar-refractivity contribution is -0.111. The minimum atomic E-state index is -0.157. The fourth-order valence-corrected chi connectivity index (χ4v) is 4.01. The van der Waals surface area contributed by atoms with Crippen LogP contribution in [0.15, 0.2) is 60.8 Å². The first-order chi connectivity index (χ1) is 15.2. The van der Waals surface area contributed by atoms with Crippen LogP contribution in [0, 0.1) is 11.3 Å². The van der Waals surface area contributed by atoms with Gasteiger partial charge in [0.05, 0.1) is 23.9 Å². The van der Waals surface area contributed by atoms with Gasteiger partial charge < -0.3 is 19.7 Å². The molecule has 3 aromatic rings. The SMILES string of the molecule is CN1CCN(c2ccccc2NC(=O)/C=C/c2cn(CCC#N)c3ccccc23)CC1. The van der Waals surface area contributed by atoms with Crippen molar-refractivity contribution in [2.24, 2.45) is 0 Å². The zero-order valence-corrected chi connectivity index (χ0v) is 17.8. The highest BCUT2D eigenvalue weighted by molar-refractivity contribution is 6.05. The van der Waals surface area contributed by atoms with E-state index in [4.69, 9.17) is 5.26 Å². The fourth-order valence-electron chi connectivity index (χ4n) is 4.01. The third-order valence-corrected chi connectivity index (χ3v) is 5.70. The second kappa shape index (κ2) is 9.50. The first kappa shape index (κ1) is 20.7. The zero-order chi connectivity index (χ0) is 21.6. The maximum atomic E-state index is 12.7. The third-order valence-electron chi connectivity index (χ3n) is 5.70. The molecular formula is C25H27N5O. The maximum absolute atomic E-state index is 12.7. The van der Waals surface area contributed by atoms with E-state index in [9.17, 15) is 4.79 Å². The van der Waals surface area contributed by atoms with Gasteiger partial charge in [-0.05, 0) is 31.3 Å². The van der Waals surface area contributed by atoms with Crippen LogP contribution < -0.4 is 10.2 Å². The third kappa shape index (κ3) is 4.79. The molecule has 0 spiro atoms. The molecule has 1 aliphatic heterocycles. The van der Waals surface area contributed by atoms with E-state index in [2.05, 4.69) is 38.9 Å². The summed E-state index contributed by atoms with van der Waals surface area (Å²) in [6.07, 6.45) is 5.88. The Bertz CT molecular complexity index is 1130. The van der Waals surface area contributed by atoms with E-state index in [1.165, 1.54) is 0 Å². The molecule has 0 radical (unpaired) electrons. The van der Waals surface area contributed by atoms with Crippen molar-refractivity contribution in [2.75, 3.05) is 43.4 Å². The molecule has 158 valence electrons. The van der Waals surface area contributed by atoms with Crippen LogP contribution in [-0.2, 0) is 11.3 Å². The zero-order valence-electron chi connectivity index (χ0n) is 17.8. The Kier molecular flexibility index (Phi) is 6.34. The van der Waals surface area contributed by atoms with Gasteiger partial charge in [0.2, 0.25) is 5.91 Å². The molecular weight excluding hydrogens is 386 g/mol. The number of likely N-dealkylation sites (N-methyl/N-ethyl adjacent to an activating group) is 1. The predicted octanol–water partition coefficient (Wildman–Crippen LogP) is 3.96. The van der Waals surface area contributed by atoms with Crippen LogP contribution in [-0.4, -0.2) is 48.6 Å². The number of hydrogen-bond donors (Lipinski definition) is 1. The number of aromatic nitrogens is 1. The first-order valence-corrected chi connectivity index (χ1v) is 10.6. The number of rotatable bonds is 6. The minimum absolute atomic E-state index is 0.157. The number of amides is 1. The number of anilines is 2. The summed E-state index contributed by atoms with van der Waals surface area (Å²) < 4.78 is 2.07. The molecule has 1 aromatic heterocycles. The Morgan fingerprint density at radius 3 is 2.65 bits per heavy atom. The summed E-state index contributed by atoms with van der Waals surface area (Å²) in [5, 5.41) is 13.0. The second-order valence-electron chi connectivity index (χ2n) is 7.83. The number of benzene rings is 2. The van der Waals surface area contributed by atoms with Crippen LogP contribution in [0.4, 0.5) is 11.4 Å². The Hall–Kier alpha value is -3.56. The van der Waals surface area contributed by atoms with Crippen molar-refractivity contribution in [1.82, 2.24) is 9.47 Å². The maximum Gasteiger partial charge on any atom is 0.248 e. The van der Waals surface area contributed by atoms with Gasteiger partial charge >= 0.3 is 0 Å². The topological polar surface area (TPSA) is 64.3 Å². The number of fused-ring (bicyclic) bond motifs is 1. The van der Waals surface area contributed by atoms with Crippen molar-refractivity contribution in [3.63, 3.8) is 0 Å². The predicted molar refractivity (Wildman–Crippen MR) is 126 cm³/mol. The molecule has 4 rings (SSSR count). The van der Waals surface area contributed by atoms with Crippen LogP contribution in [0.2, 0.25) is 0 Å². The number of nitrogens with one attached hydrogen (secondary N) is 1. The number of carbonyl (C=O) groups is 1. The number of carbonyl (C=O) groups excluding carboxylic acids is 1. The van der Waals surface area contributed by atoms with Gasteiger partial charge in [-0.1, -0.05) is 30.3 Å². The van der Waals surface area contributed by atoms with Gasteiger partial charge in [0, 0.05) is 61.5 Å². The van der Waals surface area contributed by atoms with Crippen molar-refractivity contribution < 1.29 is 4.79 Å². The summed E-state index contributed by atoms with van der Waals surface area (Å²) in [5.41, 5.74) is 3.93. The summed E-state index contributed by atoms with van der Waals surface area (Å²) in [6, 6.07) is 18.2. The quantitative estimate of drug-likeness (QED) is 0.622. The van der Waals surface area contributed by atoms with E-state index in [-0.39, 0.29) is 5.91 Å². The number of nitriles is 1. The van der Waals surface area contributed by atoms with Crippen molar-refractivity contribution in [2.45, 2.75) is 13.0 Å². The Balaban J connectivity index is 1.51. The molecule has 1 N–H and O–H groups in total. The van der Waals surface area contributed by atoms with Gasteiger partial charge in [-0.2, -0.15) is 5.26 Å². The Morgan fingerprint density at radius 2 is 1.84 bits per heavy atom. The molecule has 0 bridgehead atoms. The molecule has 1 amide bonds. The van der Waals surface area contributed by atoms with E-state index in [0.717, 1.165) is 54.0 Å². The average Bonchev–Trinajstić information content (AvgIpc) is 3.15. The van der Waals surface area contributed by atoms with Gasteiger partial charge in [-0.3, -0.25) is 4.79 Å². The number of nitrogens with zero attached hydrogens (tertiary/aromatic N) is 4. The smallest absolute Gasteiger partial charge is 0.248 e. The second-order valence-corrected chi connectivity index (χ2v) is 7.83. The highest BCUT2D eigenvalue weighted by Gasteiger charge is 2.17. The van der Waals surface area contributed by atoms with Crippen molar-refractivity contribution in [3.05, 3.63) is 66.4 Å². The Morgan fingerprint density at radius 1 is 1.10 bits per heavy atom. The molecule has 2 heterocycles. The van der Waals surface area contributed by atoms with Gasteiger partial charge in [-0.15, -0.1) is 0 Å². The molecule has 6 heteroatoms. The standard InChI is InChI=1S/C25H27N5O/c1-28-15-17-29(18-16-28)24-10-5-3-8-22(24)27-25(31)12-11-20-19-30(14-6-13-26)23-9-4-2-7-21(20)23/h2-5,7-12,19H,6,14-18H2,1H3,(H,27,31)/b12-11+. The molecule has 0 atom stereocenters. The Labute approximate surface area is 183 Å². The number of aryl methyl sites for hydroxylation is 1. The largest absolute Gasteiger partial charge is 0.367 e. The average molecular weight is 414 g/mol. The van der Waals surface area contributed by atoms with Crippen molar-refractivity contribution >= 4 is 34.3 Å². The lowest BCUT2D eigenvalue weighted by atomic mass is 10.1. The minimum Gasteiger partial charge on any atom is -0.367 e. The van der Waals surface area contributed by atoms with E-state index in [0.29, 0.717) is 13.0 Å². The fraction of sp³-hybridized carbons (Fsp3) is 0.280. The molecule has 0 unspecified atom stereocenters. The van der Waals surface area contributed by atoms with Crippen LogP contribution in [0.5, 0.6) is 0 Å². The van der Waals surface area contributed by atoms with Crippen LogP contribution in [0.3, 0.4) is 0 Å². The number of para-hydroxylation sites is 3. The van der Waals surface area contributed by atoms with Crippen LogP contribution in [0.25, 0.3) is 17.0 Å². The van der Waals surface area contributed by atoms with E-state index in [1.807, 2.05) is 54.7 Å². The van der Waals surface area contributed by atoms with Crippen LogP contribution >= 0.6 is 0 Å². The highest BCUT2D eigenvalue weighted by atomic mass is 16.1. The van der Waals surface area contributed by atoms with Crippen molar-refractivity contribution in [1.29, 1.82) is 5.26 Å². The highest BCUT2D eigenvalue weighted by Crippen LogP contribution is 2.27. The van der Waals surface area contributed by atoms with Gasteiger partial charge in [0.25, 0.3) is 0 Å². The normalized spacial score (nSPS) is 14.8. The monoisotopic (exact) mass is 413 g/mol. The lowest BCUT2D eigenvalue weighted by Crippen LogP contribution is -2.44. The van der Waals surface area contributed by atoms with Gasteiger partial charge in [-0.25, -0.2) is 0 Å². The van der Waals surface area contributed by atoms with E-state index in [1.54, 1.807) is 6.08 Å². The van der Waals surface area contributed by atoms with E-state index >= 15 is 0 Å². The molecule has 6 nitrogen and oxygen atoms in total. The number of hydrogen-bond acceptors (Lipinski definition) is 4. The lowest BCUT2D eigenvalue weighted by Gasteiger charge is -2.35. The number of piperazine rings is 1. The summed E-state index contributed by atoms with van der Waals surface area (Å²) >= 11 is 0. The molecule has 0 saturated carbocycles. The van der Waals surface area contributed by atoms with Crippen LogP contribution in [0.1, 0.15) is 12.0 Å². The molecule has 31 heavy (non-hydrogen) atoms. The summed E-state index contributed by atoms with van der Waals surface area (Å²) in [5.74, 6) is -0.157. The first-order valence-electron chi connectivity index (χ1n) is 10.6.